The van der Waals surface area contributed by atoms with Gasteiger partial charge in [0.05, 0.1) is 6.61 Å². The van der Waals surface area contributed by atoms with Crippen molar-refractivity contribution in [2.75, 3.05) is 27.1 Å². The van der Waals surface area contributed by atoms with Gasteiger partial charge < -0.3 is 24.3 Å². The first-order valence-electron chi connectivity index (χ1n) is 7.64. The van der Waals surface area contributed by atoms with Gasteiger partial charge in [-0.25, -0.2) is 0 Å². The smallest absolute Gasteiger partial charge is 0.231 e. The fraction of sp³-hybridized carbons (Fsp3) is 0.625. The monoisotopic (exact) mass is 293 g/mol. The van der Waals surface area contributed by atoms with Crippen molar-refractivity contribution in [2.24, 2.45) is 0 Å². The molecule has 0 aromatic heterocycles. The molecule has 1 heterocycles. The molecule has 1 fully saturated rings. The van der Waals surface area contributed by atoms with Crippen molar-refractivity contribution < 1.29 is 18.9 Å². The van der Waals surface area contributed by atoms with Gasteiger partial charge in [0.25, 0.3) is 0 Å². The standard InChI is InChI=1S/C16H23NO4/c1-18-6-2-3-7-19-14-9-16-15(20-11-21-16)8-12(14)10-17-13-4-5-13/h8-9,13,17H,2-7,10-11H2,1H3. The van der Waals surface area contributed by atoms with E-state index in [-0.39, 0.29) is 0 Å². The average Bonchev–Trinajstić information content (AvgIpc) is 3.21. The maximum Gasteiger partial charge on any atom is 0.231 e. The molecule has 0 atom stereocenters. The molecule has 0 radical (unpaired) electrons. The molecular formula is C16H23NO4. The second kappa shape index (κ2) is 7.00. The summed E-state index contributed by atoms with van der Waals surface area (Å²) in [5.74, 6) is 2.48. The Bertz CT molecular complexity index is 474. The van der Waals surface area contributed by atoms with E-state index in [0.29, 0.717) is 19.4 Å². The number of methoxy groups -OCH3 is 1. The zero-order chi connectivity index (χ0) is 14.5. The van der Waals surface area contributed by atoms with Crippen LogP contribution in [0, 0.1) is 0 Å². The van der Waals surface area contributed by atoms with Gasteiger partial charge in [-0.15, -0.1) is 0 Å². The lowest BCUT2D eigenvalue weighted by atomic mass is 10.1. The Hall–Kier alpha value is -1.46. The summed E-state index contributed by atoms with van der Waals surface area (Å²) in [6.07, 6.45) is 4.55. The summed E-state index contributed by atoms with van der Waals surface area (Å²) in [4.78, 5) is 0. The zero-order valence-electron chi connectivity index (χ0n) is 12.5. The molecule has 5 heteroatoms. The van der Waals surface area contributed by atoms with E-state index < -0.39 is 0 Å². The van der Waals surface area contributed by atoms with E-state index in [0.717, 1.165) is 48.8 Å². The largest absolute Gasteiger partial charge is 0.493 e. The van der Waals surface area contributed by atoms with Crippen LogP contribution in [0.3, 0.4) is 0 Å². The van der Waals surface area contributed by atoms with Gasteiger partial charge >= 0.3 is 0 Å². The lowest BCUT2D eigenvalue weighted by Gasteiger charge is -2.13. The van der Waals surface area contributed by atoms with Crippen molar-refractivity contribution in [3.8, 4) is 17.2 Å². The van der Waals surface area contributed by atoms with Crippen LogP contribution in [0.1, 0.15) is 31.2 Å². The van der Waals surface area contributed by atoms with Gasteiger partial charge in [0.2, 0.25) is 6.79 Å². The molecule has 0 spiro atoms. The first kappa shape index (κ1) is 14.5. The van der Waals surface area contributed by atoms with Crippen molar-refractivity contribution in [3.63, 3.8) is 0 Å². The zero-order valence-corrected chi connectivity index (χ0v) is 12.5. The lowest BCUT2D eigenvalue weighted by Crippen LogP contribution is -2.16. The number of nitrogens with one attached hydrogen (secondary N) is 1. The fourth-order valence-electron chi connectivity index (χ4n) is 2.31. The van der Waals surface area contributed by atoms with Crippen LogP contribution in [-0.4, -0.2) is 33.2 Å². The highest BCUT2D eigenvalue weighted by atomic mass is 16.7. The van der Waals surface area contributed by atoms with Gasteiger partial charge in [-0.1, -0.05) is 0 Å². The number of hydrogen-bond acceptors (Lipinski definition) is 5. The highest BCUT2D eigenvalue weighted by molar-refractivity contribution is 5.51. The van der Waals surface area contributed by atoms with Crippen molar-refractivity contribution in [1.82, 2.24) is 5.32 Å². The predicted molar refractivity (Wildman–Crippen MR) is 79.0 cm³/mol. The van der Waals surface area contributed by atoms with E-state index in [1.54, 1.807) is 7.11 Å². The molecule has 3 rings (SSSR count). The number of hydrogen-bond donors (Lipinski definition) is 1. The lowest BCUT2D eigenvalue weighted by molar-refractivity contribution is 0.173. The molecule has 1 N–H and O–H groups in total. The minimum atomic E-state index is 0.294. The minimum absolute atomic E-state index is 0.294. The highest BCUT2D eigenvalue weighted by Gasteiger charge is 2.22. The highest BCUT2D eigenvalue weighted by Crippen LogP contribution is 2.38. The van der Waals surface area contributed by atoms with Crippen LogP contribution in [-0.2, 0) is 11.3 Å². The summed E-state index contributed by atoms with van der Waals surface area (Å²) in [5, 5.41) is 3.52. The van der Waals surface area contributed by atoms with Crippen LogP contribution < -0.4 is 19.5 Å². The van der Waals surface area contributed by atoms with Crippen molar-refractivity contribution >= 4 is 0 Å². The van der Waals surface area contributed by atoms with Gasteiger partial charge in [-0.05, 0) is 31.7 Å². The molecule has 116 valence electrons. The van der Waals surface area contributed by atoms with E-state index in [9.17, 15) is 0 Å². The van der Waals surface area contributed by atoms with Crippen LogP contribution in [0.25, 0.3) is 0 Å². The third-order valence-corrected chi connectivity index (χ3v) is 3.71. The van der Waals surface area contributed by atoms with Crippen LogP contribution >= 0.6 is 0 Å². The first-order valence-corrected chi connectivity index (χ1v) is 7.64. The SMILES string of the molecule is COCCCCOc1cc2c(cc1CNC1CC1)OCO2. The number of fused-ring (bicyclic) bond motifs is 1. The van der Waals surface area contributed by atoms with Crippen LogP contribution in [0.5, 0.6) is 17.2 Å². The Morgan fingerprint density at radius 1 is 1.14 bits per heavy atom. The summed E-state index contributed by atoms with van der Waals surface area (Å²) in [6.45, 7) is 2.58. The molecule has 2 aliphatic rings. The first-order chi connectivity index (χ1) is 10.4. The second-order valence-corrected chi connectivity index (χ2v) is 5.52. The molecule has 1 aromatic rings. The Kier molecular flexibility index (Phi) is 4.83. The number of benzene rings is 1. The van der Waals surface area contributed by atoms with Crippen LogP contribution in [0.4, 0.5) is 0 Å². The van der Waals surface area contributed by atoms with Gasteiger partial charge in [-0.2, -0.15) is 0 Å². The van der Waals surface area contributed by atoms with Gasteiger partial charge in [-0.3, -0.25) is 0 Å². The van der Waals surface area contributed by atoms with Gasteiger partial charge in [0, 0.05) is 37.9 Å². The Morgan fingerprint density at radius 3 is 2.67 bits per heavy atom. The molecule has 1 saturated carbocycles. The summed E-state index contributed by atoms with van der Waals surface area (Å²) >= 11 is 0. The molecule has 0 unspecified atom stereocenters. The third-order valence-electron chi connectivity index (χ3n) is 3.71. The Balaban J connectivity index is 1.61. The van der Waals surface area contributed by atoms with Crippen molar-refractivity contribution in [3.05, 3.63) is 17.7 Å². The summed E-state index contributed by atoms with van der Waals surface area (Å²) in [5.41, 5.74) is 1.14. The van der Waals surface area contributed by atoms with Crippen molar-refractivity contribution in [2.45, 2.75) is 38.3 Å². The number of unbranched alkanes of at least 4 members (excludes halogenated alkanes) is 1. The van der Waals surface area contributed by atoms with Gasteiger partial charge in [0.15, 0.2) is 11.5 Å². The number of rotatable bonds is 9. The average molecular weight is 293 g/mol. The fourth-order valence-corrected chi connectivity index (χ4v) is 2.31. The summed E-state index contributed by atoms with van der Waals surface area (Å²) < 4.78 is 21.9. The van der Waals surface area contributed by atoms with Crippen LogP contribution in [0.15, 0.2) is 12.1 Å². The van der Waals surface area contributed by atoms with E-state index in [4.69, 9.17) is 18.9 Å². The number of ether oxygens (including phenoxy) is 4. The summed E-state index contributed by atoms with van der Waals surface area (Å²) in [6, 6.07) is 4.65. The topological polar surface area (TPSA) is 49.0 Å². The van der Waals surface area contributed by atoms with E-state index in [1.807, 2.05) is 12.1 Å². The maximum atomic E-state index is 5.93. The molecule has 5 nitrogen and oxygen atoms in total. The predicted octanol–water partition coefficient (Wildman–Crippen LogP) is 2.47. The molecule has 1 aliphatic carbocycles. The van der Waals surface area contributed by atoms with E-state index >= 15 is 0 Å². The molecule has 0 bridgehead atoms. The quantitative estimate of drug-likeness (QED) is 0.709. The van der Waals surface area contributed by atoms with E-state index in [1.165, 1.54) is 12.8 Å². The molecule has 0 amide bonds. The van der Waals surface area contributed by atoms with Gasteiger partial charge in [0.1, 0.15) is 5.75 Å². The van der Waals surface area contributed by atoms with Crippen LogP contribution in [0.2, 0.25) is 0 Å². The molecule has 21 heavy (non-hydrogen) atoms. The summed E-state index contributed by atoms with van der Waals surface area (Å²) in [7, 11) is 1.72. The Morgan fingerprint density at radius 2 is 1.90 bits per heavy atom. The molecular weight excluding hydrogens is 270 g/mol. The molecule has 0 saturated heterocycles. The third kappa shape index (κ3) is 4.02. The molecule has 1 aliphatic heterocycles. The Labute approximate surface area is 125 Å². The molecule has 1 aromatic carbocycles. The second-order valence-electron chi connectivity index (χ2n) is 5.52. The normalized spacial score (nSPS) is 16.2. The maximum absolute atomic E-state index is 5.93. The van der Waals surface area contributed by atoms with Crippen molar-refractivity contribution in [1.29, 1.82) is 0 Å². The van der Waals surface area contributed by atoms with E-state index in [2.05, 4.69) is 5.32 Å². The minimum Gasteiger partial charge on any atom is -0.493 e.